The Balaban J connectivity index is 1.62. The molecule has 0 atom stereocenters. The molecule has 0 aromatic heterocycles. The fraction of sp³-hybridized carbons (Fsp3) is 0.0455. The minimum atomic E-state index is -0.587. The molecule has 0 spiro atoms. The van der Waals surface area contributed by atoms with Crippen molar-refractivity contribution in [3.05, 3.63) is 99.1 Å². The van der Waals surface area contributed by atoms with Gasteiger partial charge in [0.25, 0.3) is 23.4 Å². The van der Waals surface area contributed by atoms with Gasteiger partial charge in [-0.3, -0.25) is 24.5 Å². The third kappa shape index (κ3) is 3.20. The molecule has 3 aromatic rings. The Morgan fingerprint density at radius 1 is 0.933 bits per heavy atom. The van der Waals surface area contributed by atoms with Crippen LogP contribution in [0.15, 0.2) is 66.7 Å². The summed E-state index contributed by atoms with van der Waals surface area (Å²) < 4.78 is 0. The van der Waals surface area contributed by atoms with E-state index in [1.54, 1.807) is 12.1 Å². The highest BCUT2D eigenvalue weighted by molar-refractivity contribution is 6.35. The lowest BCUT2D eigenvalue weighted by Gasteiger charge is -2.16. The van der Waals surface area contributed by atoms with Crippen molar-refractivity contribution in [3.63, 3.8) is 0 Å². The van der Waals surface area contributed by atoms with Crippen molar-refractivity contribution >= 4 is 34.8 Å². The van der Waals surface area contributed by atoms with Crippen molar-refractivity contribution < 1.29 is 19.3 Å². The number of hydrogen-bond donors (Lipinski definition) is 1. The molecule has 0 aliphatic carbocycles. The summed E-state index contributed by atoms with van der Waals surface area (Å²) in [6, 6.07) is 16.8. The zero-order chi connectivity index (χ0) is 21.4. The van der Waals surface area contributed by atoms with Gasteiger partial charge in [0.05, 0.1) is 21.7 Å². The SMILES string of the molecule is Cc1ccccc1N1C(=O)c2ccc(NC(=O)c3cccc([N+](=O)[O-])c3)cc2C1=O. The van der Waals surface area contributed by atoms with E-state index in [2.05, 4.69) is 5.32 Å². The Hall–Kier alpha value is -4.33. The van der Waals surface area contributed by atoms with E-state index in [9.17, 15) is 24.5 Å². The van der Waals surface area contributed by atoms with E-state index in [0.717, 1.165) is 16.5 Å². The van der Waals surface area contributed by atoms with E-state index in [0.29, 0.717) is 11.4 Å². The molecule has 1 aliphatic rings. The molecule has 8 heteroatoms. The number of nitro groups is 1. The standard InChI is InChI=1S/C22H15N3O5/c1-13-5-2-3-8-19(13)24-21(27)17-10-9-15(12-18(17)22(24)28)23-20(26)14-6-4-7-16(11-14)25(29)30/h2-12H,1H3,(H,23,26). The second-order valence-electron chi connectivity index (χ2n) is 6.75. The number of benzene rings is 3. The fourth-order valence-corrected chi connectivity index (χ4v) is 3.32. The molecular weight excluding hydrogens is 386 g/mol. The van der Waals surface area contributed by atoms with Crippen LogP contribution in [0.4, 0.5) is 17.1 Å². The Morgan fingerprint density at radius 3 is 2.40 bits per heavy atom. The van der Waals surface area contributed by atoms with Crippen molar-refractivity contribution in [3.8, 4) is 0 Å². The van der Waals surface area contributed by atoms with Crippen LogP contribution in [0.3, 0.4) is 0 Å². The minimum Gasteiger partial charge on any atom is -0.322 e. The number of para-hydroxylation sites is 1. The Kier molecular flexibility index (Phi) is 4.59. The summed E-state index contributed by atoms with van der Waals surface area (Å²) in [5, 5.41) is 13.5. The molecule has 3 amide bonds. The zero-order valence-corrected chi connectivity index (χ0v) is 15.8. The van der Waals surface area contributed by atoms with E-state index in [1.165, 1.54) is 36.4 Å². The van der Waals surface area contributed by atoms with Gasteiger partial charge in [-0.2, -0.15) is 0 Å². The topological polar surface area (TPSA) is 110 Å². The number of non-ortho nitro benzene ring substituents is 1. The number of nitrogens with zero attached hydrogens (tertiary/aromatic N) is 2. The number of aryl methyl sites for hydroxylation is 1. The smallest absolute Gasteiger partial charge is 0.270 e. The second kappa shape index (κ2) is 7.25. The molecule has 3 aromatic carbocycles. The predicted octanol–water partition coefficient (Wildman–Crippen LogP) is 3.96. The van der Waals surface area contributed by atoms with E-state index >= 15 is 0 Å². The van der Waals surface area contributed by atoms with Crippen LogP contribution in [0.1, 0.15) is 36.6 Å². The first-order valence-electron chi connectivity index (χ1n) is 9.01. The van der Waals surface area contributed by atoms with Crippen LogP contribution in [0, 0.1) is 17.0 Å². The minimum absolute atomic E-state index is 0.105. The van der Waals surface area contributed by atoms with Crippen LogP contribution < -0.4 is 10.2 Å². The molecule has 0 bridgehead atoms. The summed E-state index contributed by atoms with van der Waals surface area (Å²) in [6.07, 6.45) is 0. The molecule has 148 valence electrons. The molecule has 0 saturated carbocycles. The summed E-state index contributed by atoms with van der Waals surface area (Å²) in [7, 11) is 0. The second-order valence-corrected chi connectivity index (χ2v) is 6.75. The largest absolute Gasteiger partial charge is 0.322 e. The van der Waals surface area contributed by atoms with E-state index in [-0.39, 0.29) is 22.4 Å². The van der Waals surface area contributed by atoms with Crippen molar-refractivity contribution in [2.45, 2.75) is 6.92 Å². The summed E-state index contributed by atoms with van der Waals surface area (Å²) in [5.41, 5.74) is 1.92. The third-order valence-corrected chi connectivity index (χ3v) is 4.82. The first-order chi connectivity index (χ1) is 14.4. The van der Waals surface area contributed by atoms with Crippen LogP contribution in [-0.4, -0.2) is 22.6 Å². The van der Waals surface area contributed by atoms with Crippen LogP contribution in [0.25, 0.3) is 0 Å². The molecule has 1 heterocycles. The molecule has 4 rings (SSSR count). The van der Waals surface area contributed by atoms with E-state index < -0.39 is 22.6 Å². The lowest BCUT2D eigenvalue weighted by Crippen LogP contribution is -2.29. The Morgan fingerprint density at radius 2 is 1.67 bits per heavy atom. The first-order valence-corrected chi connectivity index (χ1v) is 9.01. The molecule has 30 heavy (non-hydrogen) atoms. The van der Waals surface area contributed by atoms with Crippen molar-refractivity contribution in [2.75, 3.05) is 10.2 Å². The number of imide groups is 1. The number of fused-ring (bicyclic) bond motifs is 1. The monoisotopic (exact) mass is 401 g/mol. The summed E-state index contributed by atoms with van der Waals surface area (Å²) in [6.45, 7) is 1.81. The molecule has 0 saturated heterocycles. The normalized spacial score (nSPS) is 12.6. The molecular formula is C22H15N3O5. The van der Waals surface area contributed by atoms with Gasteiger partial charge in [-0.05, 0) is 42.8 Å². The van der Waals surface area contributed by atoms with Gasteiger partial charge in [0.2, 0.25) is 0 Å². The van der Waals surface area contributed by atoms with Crippen LogP contribution in [-0.2, 0) is 0 Å². The average Bonchev–Trinajstić information content (AvgIpc) is 2.98. The summed E-state index contributed by atoms with van der Waals surface area (Å²) in [4.78, 5) is 49.6. The van der Waals surface area contributed by atoms with Gasteiger partial charge in [-0.1, -0.05) is 24.3 Å². The fourth-order valence-electron chi connectivity index (χ4n) is 3.32. The summed E-state index contributed by atoms with van der Waals surface area (Å²) in [5.74, 6) is -1.47. The number of anilines is 2. The Bertz CT molecular complexity index is 1230. The molecule has 1 aliphatic heterocycles. The maximum atomic E-state index is 12.9. The van der Waals surface area contributed by atoms with Gasteiger partial charge in [-0.25, -0.2) is 4.90 Å². The summed E-state index contributed by atoms with van der Waals surface area (Å²) >= 11 is 0. The lowest BCUT2D eigenvalue weighted by atomic mass is 10.1. The number of carbonyl (C=O) groups excluding carboxylic acids is 3. The highest BCUT2D eigenvalue weighted by atomic mass is 16.6. The quantitative estimate of drug-likeness (QED) is 0.404. The number of nitro benzene ring substituents is 1. The number of hydrogen-bond acceptors (Lipinski definition) is 5. The number of carbonyl (C=O) groups is 3. The zero-order valence-electron chi connectivity index (χ0n) is 15.8. The lowest BCUT2D eigenvalue weighted by molar-refractivity contribution is -0.384. The van der Waals surface area contributed by atoms with Crippen LogP contribution in [0.2, 0.25) is 0 Å². The van der Waals surface area contributed by atoms with Gasteiger partial charge in [0, 0.05) is 23.4 Å². The number of nitrogens with one attached hydrogen (secondary N) is 1. The maximum Gasteiger partial charge on any atom is 0.270 e. The third-order valence-electron chi connectivity index (χ3n) is 4.82. The van der Waals surface area contributed by atoms with Gasteiger partial charge in [0.15, 0.2) is 0 Å². The van der Waals surface area contributed by atoms with E-state index in [1.807, 2.05) is 19.1 Å². The highest BCUT2D eigenvalue weighted by Crippen LogP contribution is 2.32. The van der Waals surface area contributed by atoms with Crippen molar-refractivity contribution in [1.82, 2.24) is 0 Å². The predicted molar refractivity (Wildman–Crippen MR) is 110 cm³/mol. The van der Waals surface area contributed by atoms with Gasteiger partial charge in [0.1, 0.15) is 0 Å². The van der Waals surface area contributed by atoms with Gasteiger partial charge < -0.3 is 5.32 Å². The average molecular weight is 401 g/mol. The number of rotatable bonds is 4. The van der Waals surface area contributed by atoms with Crippen molar-refractivity contribution in [2.24, 2.45) is 0 Å². The first kappa shape index (κ1) is 19.0. The van der Waals surface area contributed by atoms with E-state index in [4.69, 9.17) is 0 Å². The number of amides is 3. The van der Waals surface area contributed by atoms with Crippen LogP contribution >= 0.6 is 0 Å². The molecule has 0 fully saturated rings. The molecule has 8 nitrogen and oxygen atoms in total. The maximum absolute atomic E-state index is 12.9. The van der Waals surface area contributed by atoms with Crippen LogP contribution in [0.5, 0.6) is 0 Å². The molecule has 0 unspecified atom stereocenters. The van der Waals surface area contributed by atoms with Crippen molar-refractivity contribution in [1.29, 1.82) is 0 Å². The molecule has 0 radical (unpaired) electrons. The molecule has 1 N–H and O–H groups in total. The highest BCUT2D eigenvalue weighted by Gasteiger charge is 2.37. The van der Waals surface area contributed by atoms with Gasteiger partial charge in [-0.15, -0.1) is 0 Å². The Labute approximate surface area is 170 Å². The van der Waals surface area contributed by atoms with Gasteiger partial charge >= 0.3 is 0 Å².